The van der Waals surface area contributed by atoms with Gasteiger partial charge in [-0.15, -0.1) is 0 Å². The Bertz CT molecular complexity index is 1200. The molecule has 1 aromatic heterocycles. The molecule has 0 bridgehead atoms. The van der Waals surface area contributed by atoms with Gasteiger partial charge >= 0.3 is 0 Å². The standard InChI is InChI=1S/C26H24N3O3P/c30-26(24-7-3-4-8-25(24)28-17-19-13-15-27-16-14-19)29-31-18-21-5-1-2-6-23(21)20-9-11-22(32-33)12-10-20/h1-16,28H,17-18,33H2,(H,29,30). The van der Waals surface area contributed by atoms with Gasteiger partial charge in [-0.05, 0) is 58.7 Å². The number of pyridine rings is 1. The van der Waals surface area contributed by atoms with Crippen LogP contribution in [0.5, 0.6) is 5.75 Å². The zero-order chi connectivity index (χ0) is 22.9. The Balaban J connectivity index is 1.39. The normalized spacial score (nSPS) is 10.5. The number of nitrogens with one attached hydrogen (secondary N) is 2. The molecule has 0 spiro atoms. The Labute approximate surface area is 195 Å². The molecule has 6 nitrogen and oxygen atoms in total. The average molecular weight is 457 g/mol. The highest BCUT2D eigenvalue weighted by Crippen LogP contribution is 2.27. The summed E-state index contributed by atoms with van der Waals surface area (Å²) in [5, 5.41) is 3.30. The Morgan fingerprint density at radius 1 is 0.879 bits per heavy atom. The minimum Gasteiger partial charge on any atom is -0.480 e. The van der Waals surface area contributed by atoms with Crippen LogP contribution in [0.1, 0.15) is 21.5 Å². The van der Waals surface area contributed by atoms with E-state index in [1.807, 2.05) is 78.9 Å². The van der Waals surface area contributed by atoms with Crippen LogP contribution in [0, 0.1) is 0 Å². The number of benzene rings is 3. The molecule has 1 amide bonds. The van der Waals surface area contributed by atoms with E-state index in [-0.39, 0.29) is 12.5 Å². The van der Waals surface area contributed by atoms with Crippen molar-refractivity contribution >= 4 is 21.1 Å². The number of hydrogen-bond donors (Lipinski definition) is 2. The fourth-order valence-electron chi connectivity index (χ4n) is 3.41. The number of amides is 1. The molecule has 0 saturated heterocycles. The lowest BCUT2D eigenvalue weighted by Crippen LogP contribution is -2.24. The van der Waals surface area contributed by atoms with Gasteiger partial charge in [0.05, 0.1) is 15.0 Å². The molecule has 0 saturated carbocycles. The lowest BCUT2D eigenvalue weighted by Gasteiger charge is -2.13. The smallest absolute Gasteiger partial charge is 0.276 e. The van der Waals surface area contributed by atoms with E-state index in [0.29, 0.717) is 12.1 Å². The molecule has 33 heavy (non-hydrogen) atoms. The van der Waals surface area contributed by atoms with Gasteiger partial charge in [-0.1, -0.05) is 48.5 Å². The second-order valence-corrected chi connectivity index (χ2v) is 7.51. The van der Waals surface area contributed by atoms with Gasteiger partial charge in [-0.25, -0.2) is 5.48 Å². The summed E-state index contributed by atoms with van der Waals surface area (Å²) in [5.41, 5.74) is 7.91. The fraction of sp³-hybridized carbons (Fsp3) is 0.0769. The summed E-state index contributed by atoms with van der Waals surface area (Å²) in [6, 6.07) is 26.9. The minimum atomic E-state index is -0.313. The Kier molecular flexibility index (Phi) is 7.64. The number of hydroxylamine groups is 1. The molecule has 0 aliphatic carbocycles. The summed E-state index contributed by atoms with van der Waals surface area (Å²) >= 11 is 0. The largest absolute Gasteiger partial charge is 0.480 e. The van der Waals surface area contributed by atoms with Crippen LogP contribution in [0.15, 0.2) is 97.3 Å². The van der Waals surface area contributed by atoms with Crippen LogP contribution < -0.4 is 15.3 Å². The average Bonchev–Trinajstić information content (AvgIpc) is 2.88. The molecule has 1 unspecified atom stereocenters. The quantitative estimate of drug-likeness (QED) is 0.260. The summed E-state index contributed by atoms with van der Waals surface area (Å²) < 4.78 is 5.16. The monoisotopic (exact) mass is 457 g/mol. The van der Waals surface area contributed by atoms with Gasteiger partial charge in [0, 0.05) is 24.6 Å². The highest BCUT2D eigenvalue weighted by atomic mass is 31.0. The lowest BCUT2D eigenvalue weighted by molar-refractivity contribution is 0.0235. The van der Waals surface area contributed by atoms with Gasteiger partial charge in [0.25, 0.3) is 5.91 Å². The third kappa shape index (κ3) is 5.95. The molecule has 0 fully saturated rings. The summed E-state index contributed by atoms with van der Waals surface area (Å²) in [6.07, 6.45) is 3.48. The molecular weight excluding hydrogens is 433 g/mol. The van der Waals surface area contributed by atoms with Gasteiger partial charge < -0.3 is 9.84 Å². The van der Waals surface area contributed by atoms with E-state index in [9.17, 15) is 4.79 Å². The van der Waals surface area contributed by atoms with Gasteiger partial charge in [0.1, 0.15) is 12.4 Å². The van der Waals surface area contributed by atoms with Crippen molar-refractivity contribution in [3.05, 3.63) is 114 Å². The third-order valence-electron chi connectivity index (χ3n) is 5.12. The van der Waals surface area contributed by atoms with Crippen molar-refractivity contribution in [2.75, 3.05) is 5.32 Å². The van der Waals surface area contributed by atoms with Gasteiger partial charge in [0.2, 0.25) is 0 Å². The van der Waals surface area contributed by atoms with Crippen molar-refractivity contribution in [2.24, 2.45) is 0 Å². The number of carbonyl (C=O) groups is 1. The van der Waals surface area contributed by atoms with Crippen molar-refractivity contribution in [1.82, 2.24) is 10.5 Å². The number of hydrogen-bond acceptors (Lipinski definition) is 5. The van der Waals surface area contributed by atoms with E-state index >= 15 is 0 Å². The first-order valence-electron chi connectivity index (χ1n) is 10.4. The molecule has 3 aromatic carbocycles. The van der Waals surface area contributed by atoms with Crippen molar-refractivity contribution in [1.29, 1.82) is 0 Å². The first kappa shape index (κ1) is 22.5. The van der Waals surface area contributed by atoms with E-state index in [4.69, 9.17) is 9.36 Å². The van der Waals surface area contributed by atoms with Gasteiger partial charge in [-0.3, -0.25) is 14.6 Å². The van der Waals surface area contributed by atoms with E-state index < -0.39 is 0 Å². The Morgan fingerprint density at radius 2 is 1.61 bits per heavy atom. The third-order valence-corrected chi connectivity index (χ3v) is 5.39. The van der Waals surface area contributed by atoms with E-state index in [1.165, 1.54) is 0 Å². The molecular formula is C26H24N3O3P. The zero-order valence-electron chi connectivity index (χ0n) is 17.9. The molecule has 1 atom stereocenters. The number of aromatic nitrogens is 1. The Hall–Kier alpha value is -3.73. The minimum absolute atomic E-state index is 0.233. The van der Waals surface area contributed by atoms with Gasteiger partial charge in [0.15, 0.2) is 0 Å². The molecule has 4 rings (SSSR count). The molecule has 2 N–H and O–H groups in total. The van der Waals surface area contributed by atoms with E-state index in [0.717, 1.165) is 33.7 Å². The summed E-state index contributed by atoms with van der Waals surface area (Å²) in [6.45, 7) is 0.817. The highest BCUT2D eigenvalue weighted by molar-refractivity contribution is 7.10. The highest BCUT2D eigenvalue weighted by Gasteiger charge is 2.12. The number of anilines is 1. The van der Waals surface area contributed by atoms with E-state index in [2.05, 4.69) is 25.2 Å². The van der Waals surface area contributed by atoms with Crippen molar-refractivity contribution in [2.45, 2.75) is 13.2 Å². The van der Waals surface area contributed by atoms with Crippen LogP contribution in [-0.4, -0.2) is 10.9 Å². The van der Waals surface area contributed by atoms with Crippen LogP contribution in [0.2, 0.25) is 0 Å². The van der Waals surface area contributed by atoms with Crippen molar-refractivity contribution in [3.8, 4) is 16.9 Å². The molecule has 4 aromatic rings. The van der Waals surface area contributed by atoms with E-state index in [1.54, 1.807) is 18.5 Å². The lowest BCUT2D eigenvalue weighted by atomic mass is 10.0. The molecule has 0 aliphatic heterocycles. The number of carbonyl (C=O) groups excluding carboxylic acids is 1. The summed E-state index contributed by atoms with van der Waals surface area (Å²) in [5.74, 6) is 0.452. The second-order valence-electron chi connectivity index (χ2n) is 7.27. The molecule has 7 heteroatoms. The maximum Gasteiger partial charge on any atom is 0.276 e. The zero-order valence-corrected chi connectivity index (χ0v) is 19.1. The number of para-hydroxylation sites is 1. The maximum atomic E-state index is 12.8. The number of nitrogens with zero attached hydrogens (tertiary/aromatic N) is 1. The molecule has 0 aliphatic rings. The van der Waals surface area contributed by atoms with Crippen LogP contribution in [0.25, 0.3) is 11.1 Å². The van der Waals surface area contributed by atoms with Crippen molar-refractivity contribution in [3.63, 3.8) is 0 Å². The van der Waals surface area contributed by atoms with Crippen molar-refractivity contribution < 1.29 is 14.2 Å². The topological polar surface area (TPSA) is 72.5 Å². The first-order valence-corrected chi connectivity index (χ1v) is 10.9. The molecule has 1 heterocycles. The van der Waals surface area contributed by atoms with Crippen LogP contribution >= 0.6 is 9.47 Å². The molecule has 166 valence electrons. The maximum absolute atomic E-state index is 12.8. The van der Waals surface area contributed by atoms with Crippen LogP contribution in [-0.2, 0) is 18.0 Å². The predicted octanol–water partition coefficient (Wildman–Crippen LogP) is 5.39. The summed E-state index contributed by atoms with van der Waals surface area (Å²) in [4.78, 5) is 22.4. The van der Waals surface area contributed by atoms with Gasteiger partial charge in [-0.2, -0.15) is 0 Å². The molecule has 0 radical (unpaired) electrons. The summed E-state index contributed by atoms with van der Waals surface area (Å²) in [7, 11) is 2.24. The SMILES string of the molecule is O=C(NOCc1ccccc1-c1ccc(OP)cc1)c1ccccc1NCc1ccncc1. The first-order chi connectivity index (χ1) is 16.2. The predicted molar refractivity (Wildman–Crippen MR) is 132 cm³/mol. The van der Waals surface area contributed by atoms with Crippen LogP contribution in [0.3, 0.4) is 0 Å². The van der Waals surface area contributed by atoms with Crippen LogP contribution in [0.4, 0.5) is 5.69 Å². The second kappa shape index (κ2) is 11.2. The number of rotatable bonds is 9. The fourth-order valence-corrected chi connectivity index (χ4v) is 3.57. The Morgan fingerprint density at radius 3 is 2.39 bits per heavy atom.